The van der Waals surface area contributed by atoms with E-state index in [0.29, 0.717) is 12.8 Å². The van der Waals surface area contributed by atoms with Gasteiger partial charge in [0.15, 0.2) is 0 Å². The lowest BCUT2D eigenvalue weighted by Crippen LogP contribution is -2.40. The van der Waals surface area contributed by atoms with Gasteiger partial charge >= 0.3 is 12.6 Å². The highest BCUT2D eigenvalue weighted by atomic mass is 19.3. The van der Waals surface area contributed by atoms with E-state index < -0.39 is 30.4 Å². The van der Waals surface area contributed by atoms with Crippen LogP contribution in [0.4, 0.5) is 8.78 Å². The fourth-order valence-corrected chi connectivity index (χ4v) is 2.49. The molecule has 0 aliphatic heterocycles. The monoisotopic (exact) mass is 299 g/mol. The maximum atomic E-state index is 12.1. The molecule has 7 heteroatoms. The largest absolute Gasteiger partial charge is 0.481 e. The average Bonchev–Trinajstić information content (AvgIpc) is 2.86. The molecule has 0 unspecified atom stereocenters. The molecule has 1 aromatic rings. The van der Waals surface area contributed by atoms with Gasteiger partial charge in [-0.15, -0.1) is 0 Å². The van der Waals surface area contributed by atoms with Crippen molar-refractivity contribution < 1.29 is 28.2 Å². The third kappa shape index (κ3) is 3.90. The van der Waals surface area contributed by atoms with E-state index in [-0.39, 0.29) is 11.3 Å². The number of amides is 1. The lowest BCUT2D eigenvalue weighted by Gasteiger charge is -2.17. The molecule has 2 rings (SSSR count). The molecule has 1 aliphatic carbocycles. The van der Waals surface area contributed by atoms with Crippen LogP contribution in [0.3, 0.4) is 0 Å². The smallest absolute Gasteiger partial charge is 0.387 e. The summed E-state index contributed by atoms with van der Waals surface area (Å²) >= 11 is 0. The number of aliphatic carboxylic acids is 1. The van der Waals surface area contributed by atoms with Crippen molar-refractivity contribution in [1.82, 2.24) is 5.32 Å². The second-order valence-electron chi connectivity index (χ2n) is 4.86. The summed E-state index contributed by atoms with van der Waals surface area (Å²) < 4.78 is 28.5. The summed E-state index contributed by atoms with van der Waals surface area (Å²) in [7, 11) is 0. The average molecular weight is 299 g/mol. The zero-order valence-electron chi connectivity index (χ0n) is 11.1. The fourth-order valence-electron chi connectivity index (χ4n) is 2.49. The molecule has 5 nitrogen and oxygen atoms in total. The molecule has 1 aliphatic rings. The van der Waals surface area contributed by atoms with E-state index >= 15 is 0 Å². The Morgan fingerprint density at radius 1 is 1.33 bits per heavy atom. The van der Waals surface area contributed by atoms with Gasteiger partial charge in [0, 0.05) is 11.6 Å². The van der Waals surface area contributed by atoms with Gasteiger partial charge < -0.3 is 15.2 Å². The second kappa shape index (κ2) is 6.51. The molecule has 0 radical (unpaired) electrons. The molecule has 1 amide bonds. The van der Waals surface area contributed by atoms with Gasteiger partial charge in [-0.2, -0.15) is 8.78 Å². The summed E-state index contributed by atoms with van der Waals surface area (Å²) in [5, 5.41) is 11.7. The Labute approximate surface area is 119 Å². The number of carbonyl (C=O) groups is 2. The number of halogens is 2. The van der Waals surface area contributed by atoms with Gasteiger partial charge in [0.25, 0.3) is 5.91 Å². The minimum atomic E-state index is -2.96. The zero-order valence-corrected chi connectivity index (χ0v) is 11.1. The first-order chi connectivity index (χ1) is 9.97. The Balaban J connectivity index is 2.04. The molecule has 2 atom stereocenters. The first-order valence-electron chi connectivity index (χ1n) is 6.56. The van der Waals surface area contributed by atoms with E-state index in [1.54, 1.807) is 0 Å². The van der Waals surface area contributed by atoms with Crippen LogP contribution < -0.4 is 10.1 Å². The molecule has 114 valence electrons. The molecule has 21 heavy (non-hydrogen) atoms. The van der Waals surface area contributed by atoms with Gasteiger partial charge in [0.2, 0.25) is 0 Å². The summed E-state index contributed by atoms with van der Waals surface area (Å²) in [6, 6.07) is 4.97. The Morgan fingerprint density at radius 2 is 2.10 bits per heavy atom. The van der Waals surface area contributed by atoms with Crippen LogP contribution in [0.5, 0.6) is 5.75 Å². The maximum absolute atomic E-state index is 12.1. The number of carbonyl (C=O) groups excluding carboxylic acids is 1. The number of hydrogen-bond donors (Lipinski definition) is 2. The van der Waals surface area contributed by atoms with Crippen molar-refractivity contribution in [3.05, 3.63) is 29.8 Å². The summed E-state index contributed by atoms with van der Waals surface area (Å²) in [5.74, 6) is -2.14. The summed E-state index contributed by atoms with van der Waals surface area (Å²) in [5.41, 5.74) is 0.157. The molecule has 0 heterocycles. The lowest BCUT2D eigenvalue weighted by atomic mass is 10.0. The standard InChI is InChI=1S/C14H15F2NO4/c15-14(16)21-9-4-1-3-8(7-9)12(18)17-11-6-2-5-10(11)13(19)20/h1,3-4,7,10-11,14H,2,5-6H2,(H,17,18)(H,19,20)/t10-,11+/m1/s1. The quantitative estimate of drug-likeness (QED) is 0.874. The third-order valence-electron chi connectivity index (χ3n) is 3.47. The number of benzene rings is 1. The SMILES string of the molecule is O=C(N[C@H]1CCC[C@H]1C(=O)O)c1cccc(OC(F)F)c1. The van der Waals surface area contributed by atoms with E-state index in [0.717, 1.165) is 6.42 Å². The second-order valence-corrected chi connectivity index (χ2v) is 4.86. The number of alkyl halides is 2. The van der Waals surface area contributed by atoms with Crippen LogP contribution in [0.2, 0.25) is 0 Å². The van der Waals surface area contributed by atoms with Gasteiger partial charge in [-0.3, -0.25) is 9.59 Å². The van der Waals surface area contributed by atoms with Crippen LogP contribution in [0.25, 0.3) is 0 Å². The molecule has 0 aromatic heterocycles. The van der Waals surface area contributed by atoms with Crippen LogP contribution in [-0.4, -0.2) is 29.6 Å². The maximum Gasteiger partial charge on any atom is 0.387 e. The number of ether oxygens (including phenoxy) is 1. The minimum Gasteiger partial charge on any atom is -0.481 e. The van der Waals surface area contributed by atoms with E-state index in [2.05, 4.69) is 10.1 Å². The highest BCUT2D eigenvalue weighted by Crippen LogP contribution is 2.26. The molecule has 0 saturated heterocycles. The van der Waals surface area contributed by atoms with Crippen LogP contribution in [0.1, 0.15) is 29.6 Å². The van der Waals surface area contributed by atoms with Gasteiger partial charge in [-0.1, -0.05) is 12.5 Å². The van der Waals surface area contributed by atoms with E-state index in [9.17, 15) is 18.4 Å². The Bertz CT molecular complexity index is 535. The van der Waals surface area contributed by atoms with Crippen LogP contribution >= 0.6 is 0 Å². The van der Waals surface area contributed by atoms with Gasteiger partial charge in [0.1, 0.15) is 5.75 Å². The summed E-state index contributed by atoms with van der Waals surface area (Å²) in [4.78, 5) is 23.1. The topological polar surface area (TPSA) is 75.6 Å². The summed E-state index contributed by atoms with van der Waals surface area (Å²) in [6.45, 7) is -2.96. The highest BCUT2D eigenvalue weighted by molar-refractivity contribution is 5.95. The molecule has 2 N–H and O–H groups in total. The van der Waals surface area contributed by atoms with Crippen molar-refractivity contribution in [1.29, 1.82) is 0 Å². The van der Waals surface area contributed by atoms with Gasteiger partial charge in [0.05, 0.1) is 5.92 Å². The summed E-state index contributed by atoms with van der Waals surface area (Å²) in [6.07, 6.45) is 1.85. The molecular weight excluding hydrogens is 284 g/mol. The van der Waals surface area contributed by atoms with Crippen molar-refractivity contribution >= 4 is 11.9 Å². The van der Waals surface area contributed by atoms with Crippen molar-refractivity contribution in [3.8, 4) is 5.75 Å². The predicted octanol–water partition coefficient (Wildman–Crippen LogP) is 2.27. The number of nitrogens with one attached hydrogen (secondary N) is 1. The van der Waals surface area contributed by atoms with Gasteiger partial charge in [-0.05, 0) is 31.0 Å². The molecule has 1 fully saturated rings. The minimum absolute atomic E-state index is 0.112. The predicted molar refractivity (Wildman–Crippen MR) is 69.3 cm³/mol. The molecule has 0 spiro atoms. The first-order valence-corrected chi connectivity index (χ1v) is 6.56. The van der Waals surface area contributed by atoms with E-state index in [4.69, 9.17) is 5.11 Å². The molecule has 0 bridgehead atoms. The number of hydrogen-bond acceptors (Lipinski definition) is 3. The molecule has 1 saturated carbocycles. The van der Waals surface area contributed by atoms with Crippen LogP contribution in [-0.2, 0) is 4.79 Å². The lowest BCUT2D eigenvalue weighted by molar-refractivity contribution is -0.142. The van der Waals surface area contributed by atoms with E-state index in [1.165, 1.54) is 24.3 Å². The van der Waals surface area contributed by atoms with Crippen LogP contribution in [0, 0.1) is 5.92 Å². The van der Waals surface area contributed by atoms with Gasteiger partial charge in [-0.25, -0.2) is 0 Å². The highest BCUT2D eigenvalue weighted by Gasteiger charge is 2.34. The zero-order chi connectivity index (χ0) is 15.4. The number of carboxylic acid groups (broad SMARTS) is 1. The fraction of sp³-hybridized carbons (Fsp3) is 0.429. The normalized spacial score (nSPS) is 21.3. The van der Waals surface area contributed by atoms with Crippen LogP contribution in [0.15, 0.2) is 24.3 Å². The Hall–Kier alpha value is -2.18. The van der Waals surface area contributed by atoms with Crippen molar-refractivity contribution in [2.45, 2.75) is 31.9 Å². The van der Waals surface area contributed by atoms with E-state index in [1.807, 2.05) is 0 Å². The Morgan fingerprint density at radius 3 is 2.76 bits per heavy atom. The molecule has 1 aromatic carbocycles. The van der Waals surface area contributed by atoms with Crippen molar-refractivity contribution in [3.63, 3.8) is 0 Å². The third-order valence-corrected chi connectivity index (χ3v) is 3.47. The van der Waals surface area contributed by atoms with Crippen molar-refractivity contribution in [2.24, 2.45) is 5.92 Å². The number of carboxylic acids is 1. The number of rotatable bonds is 5. The van der Waals surface area contributed by atoms with Crippen molar-refractivity contribution in [2.75, 3.05) is 0 Å². The molecular formula is C14H15F2NO4. The Kier molecular flexibility index (Phi) is 4.72. The first kappa shape index (κ1) is 15.2.